The number of hydrogen-bond acceptors (Lipinski definition) is 2. The predicted molar refractivity (Wildman–Crippen MR) is 62.9 cm³/mol. The first kappa shape index (κ1) is 14.8. The molecule has 0 saturated carbocycles. The van der Waals surface area contributed by atoms with Crippen LogP contribution in [-0.4, -0.2) is 20.1 Å². The van der Waals surface area contributed by atoms with E-state index in [2.05, 4.69) is 0 Å². The van der Waals surface area contributed by atoms with Gasteiger partial charge in [0.2, 0.25) is 0 Å². The van der Waals surface area contributed by atoms with Crippen molar-refractivity contribution in [3.63, 3.8) is 0 Å². The minimum atomic E-state index is -4.53. The van der Waals surface area contributed by atoms with E-state index < -0.39 is 17.6 Å². The quantitative estimate of drug-likeness (QED) is 0.847. The number of nitrogens with zero attached hydrogens (tertiary/aromatic N) is 1. The van der Waals surface area contributed by atoms with Gasteiger partial charge in [-0.05, 0) is 30.7 Å². The van der Waals surface area contributed by atoms with Crippen molar-refractivity contribution < 1.29 is 17.6 Å². The molecule has 0 spiro atoms. The number of rotatable bonds is 4. The van der Waals surface area contributed by atoms with Gasteiger partial charge in [0.25, 0.3) is 0 Å². The summed E-state index contributed by atoms with van der Waals surface area (Å²) in [5.41, 5.74) is 4.61. The van der Waals surface area contributed by atoms with Gasteiger partial charge in [-0.1, -0.05) is 6.92 Å². The van der Waals surface area contributed by atoms with Gasteiger partial charge in [0.05, 0.1) is 11.3 Å². The minimum absolute atomic E-state index is 0.136. The number of hydrogen-bond donors (Lipinski definition) is 1. The van der Waals surface area contributed by atoms with Crippen molar-refractivity contribution in [3.8, 4) is 0 Å². The summed E-state index contributed by atoms with van der Waals surface area (Å²) in [4.78, 5) is 1.56. The van der Waals surface area contributed by atoms with E-state index in [-0.39, 0.29) is 11.6 Å². The van der Waals surface area contributed by atoms with Gasteiger partial charge >= 0.3 is 6.18 Å². The fourth-order valence-corrected chi connectivity index (χ4v) is 1.63. The largest absolute Gasteiger partial charge is 0.416 e. The average Bonchev–Trinajstić information content (AvgIpc) is 2.27. The van der Waals surface area contributed by atoms with Crippen LogP contribution in [0.15, 0.2) is 18.2 Å². The van der Waals surface area contributed by atoms with Crippen LogP contribution in [0.3, 0.4) is 0 Å². The van der Waals surface area contributed by atoms with Crippen molar-refractivity contribution in [2.75, 3.05) is 25.0 Å². The molecule has 102 valence electrons. The summed E-state index contributed by atoms with van der Waals surface area (Å²) in [6.07, 6.45) is -4.53. The lowest BCUT2D eigenvalue weighted by Crippen LogP contribution is -2.28. The number of benzene rings is 1. The summed E-state index contributed by atoms with van der Waals surface area (Å²) >= 11 is 0. The van der Waals surface area contributed by atoms with Crippen LogP contribution in [0.1, 0.15) is 12.5 Å². The van der Waals surface area contributed by atoms with Gasteiger partial charge in [-0.25, -0.2) is 4.39 Å². The van der Waals surface area contributed by atoms with Gasteiger partial charge < -0.3 is 10.6 Å². The zero-order valence-corrected chi connectivity index (χ0v) is 10.3. The average molecular weight is 264 g/mol. The van der Waals surface area contributed by atoms with Crippen LogP contribution in [-0.2, 0) is 6.18 Å². The molecule has 2 N–H and O–H groups in total. The zero-order chi connectivity index (χ0) is 13.9. The highest BCUT2D eigenvalue weighted by Crippen LogP contribution is 2.32. The van der Waals surface area contributed by atoms with Gasteiger partial charge in [0.1, 0.15) is 5.82 Å². The van der Waals surface area contributed by atoms with Crippen LogP contribution in [0.2, 0.25) is 0 Å². The highest BCUT2D eigenvalue weighted by molar-refractivity contribution is 5.49. The van der Waals surface area contributed by atoms with Crippen molar-refractivity contribution in [2.45, 2.75) is 13.1 Å². The molecule has 0 heterocycles. The Kier molecular flexibility index (Phi) is 4.56. The van der Waals surface area contributed by atoms with Crippen molar-refractivity contribution in [1.29, 1.82) is 0 Å². The summed E-state index contributed by atoms with van der Waals surface area (Å²) in [7, 11) is 1.62. The van der Waals surface area contributed by atoms with Gasteiger partial charge in [-0.15, -0.1) is 0 Å². The maximum absolute atomic E-state index is 13.6. The molecular formula is C12H16F4N2. The van der Waals surface area contributed by atoms with E-state index in [0.717, 1.165) is 12.1 Å². The molecule has 1 rings (SSSR count). The van der Waals surface area contributed by atoms with E-state index >= 15 is 0 Å². The monoisotopic (exact) mass is 264 g/mol. The Morgan fingerprint density at radius 1 is 1.33 bits per heavy atom. The molecule has 1 unspecified atom stereocenters. The van der Waals surface area contributed by atoms with Gasteiger partial charge in [-0.3, -0.25) is 0 Å². The fraction of sp³-hybridized carbons (Fsp3) is 0.500. The zero-order valence-electron chi connectivity index (χ0n) is 10.3. The van der Waals surface area contributed by atoms with Crippen LogP contribution < -0.4 is 10.6 Å². The van der Waals surface area contributed by atoms with E-state index in [1.165, 1.54) is 0 Å². The molecule has 1 aromatic rings. The Morgan fingerprint density at radius 3 is 2.39 bits per heavy atom. The number of anilines is 1. The second kappa shape index (κ2) is 5.56. The lowest BCUT2D eigenvalue weighted by atomic mass is 10.1. The lowest BCUT2D eigenvalue weighted by Gasteiger charge is -2.23. The Bertz CT molecular complexity index is 404. The van der Waals surface area contributed by atoms with E-state index in [9.17, 15) is 17.6 Å². The maximum Gasteiger partial charge on any atom is 0.416 e. The number of alkyl halides is 3. The lowest BCUT2D eigenvalue weighted by molar-refractivity contribution is -0.137. The summed E-state index contributed by atoms with van der Waals surface area (Å²) in [6, 6.07) is 2.53. The summed E-state index contributed by atoms with van der Waals surface area (Å²) in [5.74, 6) is -0.742. The second-order valence-electron chi connectivity index (χ2n) is 4.39. The summed E-state index contributed by atoms with van der Waals surface area (Å²) in [5, 5.41) is 0. The van der Waals surface area contributed by atoms with Gasteiger partial charge in [-0.2, -0.15) is 13.2 Å². The van der Waals surface area contributed by atoms with Crippen molar-refractivity contribution in [3.05, 3.63) is 29.6 Å². The molecule has 18 heavy (non-hydrogen) atoms. The molecule has 0 aliphatic heterocycles. The minimum Gasteiger partial charge on any atom is -0.372 e. The number of nitrogens with two attached hydrogens (primary N) is 1. The normalized spacial score (nSPS) is 13.5. The van der Waals surface area contributed by atoms with E-state index in [1.54, 1.807) is 11.9 Å². The molecule has 0 amide bonds. The predicted octanol–water partition coefficient (Wildman–Crippen LogP) is 2.88. The Hall–Kier alpha value is -1.30. The standard InChI is InChI=1S/C12H16F4N2/c1-8(6-17)7-18(2)11-4-3-9(5-10(11)13)12(14,15)16/h3-5,8H,6-7,17H2,1-2H3. The van der Waals surface area contributed by atoms with Crippen molar-refractivity contribution in [1.82, 2.24) is 0 Å². The van der Waals surface area contributed by atoms with Crippen molar-refractivity contribution >= 4 is 5.69 Å². The van der Waals surface area contributed by atoms with Crippen LogP contribution in [0.4, 0.5) is 23.2 Å². The first-order valence-electron chi connectivity index (χ1n) is 5.53. The molecule has 0 aliphatic rings. The first-order valence-corrected chi connectivity index (χ1v) is 5.53. The molecule has 6 heteroatoms. The van der Waals surface area contributed by atoms with E-state index in [4.69, 9.17) is 5.73 Å². The van der Waals surface area contributed by atoms with Crippen LogP contribution in [0.5, 0.6) is 0 Å². The topological polar surface area (TPSA) is 29.3 Å². The first-order chi connectivity index (χ1) is 8.25. The third-order valence-electron chi connectivity index (χ3n) is 2.67. The SMILES string of the molecule is CC(CN)CN(C)c1ccc(C(F)(F)F)cc1F. The Balaban J connectivity index is 2.92. The van der Waals surface area contributed by atoms with Crippen LogP contribution in [0, 0.1) is 11.7 Å². The molecular weight excluding hydrogens is 248 g/mol. The molecule has 0 bridgehead atoms. The smallest absolute Gasteiger partial charge is 0.372 e. The molecule has 0 saturated heterocycles. The second-order valence-corrected chi connectivity index (χ2v) is 4.39. The van der Waals surface area contributed by atoms with Crippen LogP contribution >= 0.6 is 0 Å². The van der Waals surface area contributed by atoms with Gasteiger partial charge in [0.15, 0.2) is 0 Å². The van der Waals surface area contributed by atoms with Crippen LogP contribution in [0.25, 0.3) is 0 Å². The van der Waals surface area contributed by atoms with Crippen molar-refractivity contribution in [2.24, 2.45) is 11.7 Å². The summed E-state index contributed by atoms with van der Waals surface area (Å²) < 4.78 is 50.7. The Morgan fingerprint density at radius 2 is 1.94 bits per heavy atom. The highest BCUT2D eigenvalue weighted by Gasteiger charge is 2.31. The third kappa shape index (κ3) is 3.60. The molecule has 1 aromatic carbocycles. The fourth-order valence-electron chi connectivity index (χ4n) is 1.63. The van der Waals surface area contributed by atoms with Gasteiger partial charge in [0, 0.05) is 13.6 Å². The Labute approximate surface area is 103 Å². The van der Waals surface area contributed by atoms with E-state index in [1.807, 2.05) is 6.92 Å². The molecule has 0 fully saturated rings. The van der Waals surface area contributed by atoms with E-state index in [0.29, 0.717) is 19.2 Å². The maximum atomic E-state index is 13.6. The summed E-state index contributed by atoms with van der Waals surface area (Å²) in [6.45, 7) is 2.81. The molecule has 0 radical (unpaired) electrons. The number of halogens is 4. The third-order valence-corrected chi connectivity index (χ3v) is 2.67. The highest BCUT2D eigenvalue weighted by atomic mass is 19.4. The molecule has 0 aliphatic carbocycles. The molecule has 1 atom stereocenters. The molecule has 2 nitrogen and oxygen atoms in total. The molecule has 0 aromatic heterocycles.